The summed E-state index contributed by atoms with van der Waals surface area (Å²) in [5.41, 5.74) is 4.00. The molecule has 1 aliphatic carbocycles. The fraction of sp³-hybridized carbons (Fsp3) is 0.375. The number of hydrogen-bond acceptors (Lipinski definition) is 4. The molecule has 0 saturated heterocycles. The van der Waals surface area contributed by atoms with Gasteiger partial charge >= 0.3 is 0 Å². The second-order valence-electron chi connectivity index (χ2n) is 8.29. The number of nitrogens with one attached hydrogen (secondary N) is 1. The number of carbonyl (C=O) groups is 1. The summed E-state index contributed by atoms with van der Waals surface area (Å²) in [6.45, 7) is 1.90. The summed E-state index contributed by atoms with van der Waals surface area (Å²) in [4.78, 5) is 16.9. The minimum Gasteiger partial charge on any atom is -0.391 e. The highest BCUT2D eigenvalue weighted by Crippen LogP contribution is 2.23. The zero-order valence-corrected chi connectivity index (χ0v) is 17.8. The molecule has 0 radical (unpaired) electrons. The number of nitrogens with zero attached hydrogens (tertiary/aromatic N) is 3. The summed E-state index contributed by atoms with van der Waals surface area (Å²) >= 11 is 0. The average molecular weight is 423 g/mol. The van der Waals surface area contributed by atoms with Crippen molar-refractivity contribution in [2.45, 2.75) is 51.2 Å². The first-order chi connectivity index (χ1) is 14.9. The van der Waals surface area contributed by atoms with E-state index in [9.17, 15) is 14.3 Å². The predicted octanol–water partition coefficient (Wildman–Crippen LogP) is 3.55. The van der Waals surface area contributed by atoms with Gasteiger partial charge in [-0.1, -0.05) is 25.0 Å². The Balaban J connectivity index is 1.51. The van der Waals surface area contributed by atoms with Crippen molar-refractivity contribution < 1.29 is 14.3 Å². The number of benzene rings is 1. The van der Waals surface area contributed by atoms with Crippen molar-refractivity contribution in [3.8, 4) is 11.3 Å². The van der Waals surface area contributed by atoms with Gasteiger partial charge in [-0.25, -0.2) is 4.39 Å². The van der Waals surface area contributed by atoms with Crippen molar-refractivity contribution >= 4 is 5.91 Å². The highest BCUT2D eigenvalue weighted by Gasteiger charge is 2.25. The first kappa shape index (κ1) is 21.2. The molecule has 2 aromatic heterocycles. The molecular weight excluding hydrogens is 395 g/mol. The van der Waals surface area contributed by atoms with Crippen LogP contribution < -0.4 is 5.32 Å². The van der Waals surface area contributed by atoms with Gasteiger partial charge in [-0.2, -0.15) is 5.10 Å². The standard InChI is InChI=1S/C24H27FN4O2/c1-15-14-26-22(24(31)27-21-5-3-4-6-23(21)30)13-18(15)11-16-7-8-17(12-19(16)25)20-9-10-29(2)28-20/h7-10,12-14,21,23,30H,3-6,11H2,1-2H3,(H,27,31)/t21-,23-/m0/s1. The highest BCUT2D eigenvalue weighted by atomic mass is 19.1. The average Bonchev–Trinajstić information content (AvgIpc) is 3.19. The molecule has 3 aromatic rings. The Morgan fingerprint density at radius 2 is 2.03 bits per heavy atom. The van der Waals surface area contributed by atoms with Gasteiger partial charge in [-0.05, 0) is 54.7 Å². The summed E-state index contributed by atoms with van der Waals surface area (Å²) in [6.07, 6.45) is 6.73. The molecule has 4 rings (SSSR count). The molecule has 1 amide bonds. The minimum absolute atomic E-state index is 0.246. The summed E-state index contributed by atoms with van der Waals surface area (Å²) in [7, 11) is 1.82. The Morgan fingerprint density at radius 3 is 2.74 bits per heavy atom. The van der Waals surface area contributed by atoms with Crippen LogP contribution >= 0.6 is 0 Å². The molecule has 1 fully saturated rings. The van der Waals surface area contributed by atoms with Crippen molar-refractivity contribution in [1.29, 1.82) is 0 Å². The smallest absolute Gasteiger partial charge is 0.270 e. The Morgan fingerprint density at radius 1 is 1.23 bits per heavy atom. The molecule has 1 aliphatic rings. The van der Waals surface area contributed by atoms with Crippen LogP contribution in [-0.4, -0.2) is 37.9 Å². The fourth-order valence-electron chi connectivity index (χ4n) is 4.03. The maximum atomic E-state index is 14.8. The minimum atomic E-state index is -0.519. The van der Waals surface area contributed by atoms with Gasteiger partial charge in [0.1, 0.15) is 11.5 Å². The van der Waals surface area contributed by atoms with Crippen LogP contribution in [0, 0.1) is 12.7 Å². The van der Waals surface area contributed by atoms with Gasteiger partial charge in [0.05, 0.1) is 17.8 Å². The number of pyridine rings is 1. The third kappa shape index (κ3) is 4.82. The Labute approximate surface area is 181 Å². The normalized spacial score (nSPS) is 18.7. The molecule has 2 atom stereocenters. The number of halogens is 1. The highest BCUT2D eigenvalue weighted by molar-refractivity contribution is 5.92. The number of rotatable bonds is 5. The Hall–Kier alpha value is -3.06. The molecule has 0 spiro atoms. The number of aliphatic hydroxyl groups excluding tert-OH is 1. The van der Waals surface area contributed by atoms with Crippen molar-refractivity contribution in [3.63, 3.8) is 0 Å². The second-order valence-corrected chi connectivity index (χ2v) is 8.29. The van der Waals surface area contributed by atoms with Crippen molar-refractivity contribution in [1.82, 2.24) is 20.1 Å². The zero-order chi connectivity index (χ0) is 22.0. The molecule has 1 aromatic carbocycles. The van der Waals surface area contributed by atoms with E-state index in [1.54, 1.807) is 23.0 Å². The number of aromatic nitrogens is 3. The molecular formula is C24H27FN4O2. The molecule has 7 heteroatoms. The van der Waals surface area contributed by atoms with Crippen LogP contribution in [0.5, 0.6) is 0 Å². The number of aliphatic hydroxyl groups is 1. The lowest BCUT2D eigenvalue weighted by atomic mass is 9.92. The first-order valence-electron chi connectivity index (χ1n) is 10.6. The van der Waals surface area contributed by atoms with Crippen LogP contribution in [0.2, 0.25) is 0 Å². The van der Waals surface area contributed by atoms with Gasteiger partial charge in [0.2, 0.25) is 0 Å². The van der Waals surface area contributed by atoms with Crippen LogP contribution in [0.3, 0.4) is 0 Å². The third-order valence-electron chi connectivity index (χ3n) is 5.94. The lowest BCUT2D eigenvalue weighted by molar-refractivity contribution is 0.0713. The quantitative estimate of drug-likeness (QED) is 0.659. The molecule has 162 valence electrons. The molecule has 0 bridgehead atoms. The van der Waals surface area contributed by atoms with E-state index >= 15 is 0 Å². The summed E-state index contributed by atoms with van der Waals surface area (Å²) in [6, 6.07) is 8.42. The molecule has 1 saturated carbocycles. The maximum Gasteiger partial charge on any atom is 0.270 e. The number of carbonyl (C=O) groups excluding carboxylic acids is 1. The number of aryl methyl sites for hydroxylation is 2. The fourth-order valence-corrected chi connectivity index (χ4v) is 4.03. The third-order valence-corrected chi connectivity index (χ3v) is 5.94. The Kier molecular flexibility index (Phi) is 6.13. The van der Waals surface area contributed by atoms with Gasteiger partial charge in [-0.15, -0.1) is 0 Å². The molecule has 0 unspecified atom stereocenters. The summed E-state index contributed by atoms with van der Waals surface area (Å²) in [5.74, 6) is -0.617. The van der Waals surface area contributed by atoms with Gasteiger partial charge in [-0.3, -0.25) is 14.5 Å². The van der Waals surface area contributed by atoms with Crippen molar-refractivity contribution in [2.24, 2.45) is 7.05 Å². The van der Waals surface area contributed by atoms with E-state index in [0.29, 0.717) is 18.4 Å². The van der Waals surface area contributed by atoms with E-state index in [1.807, 2.05) is 32.3 Å². The van der Waals surface area contributed by atoms with E-state index in [2.05, 4.69) is 15.4 Å². The lowest BCUT2D eigenvalue weighted by Gasteiger charge is -2.28. The predicted molar refractivity (Wildman–Crippen MR) is 116 cm³/mol. The van der Waals surface area contributed by atoms with Crippen LogP contribution in [0.1, 0.15) is 52.9 Å². The van der Waals surface area contributed by atoms with Gasteiger partial charge in [0.15, 0.2) is 0 Å². The second kappa shape index (κ2) is 8.98. The largest absolute Gasteiger partial charge is 0.391 e. The van der Waals surface area contributed by atoms with E-state index in [0.717, 1.165) is 41.6 Å². The zero-order valence-electron chi connectivity index (χ0n) is 17.8. The van der Waals surface area contributed by atoms with Crippen LogP contribution in [0.25, 0.3) is 11.3 Å². The Bertz CT molecular complexity index is 1090. The van der Waals surface area contributed by atoms with Crippen molar-refractivity contribution in [2.75, 3.05) is 0 Å². The van der Waals surface area contributed by atoms with E-state index < -0.39 is 6.10 Å². The topological polar surface area (TPSA) is 80.0 Å². The van der Waals surface area contributed by atoms with Gasteiger partial charge in [0, 0.05) is 31.4 Å². The van der Waals surface area contributed by atoms with E-state index in [-0.39, 0.29) is 23.5 Å². The first-order valence-corrected chi connectivity index (χ1v) is 10.6. The van der Waals surface area contributed by atoms with Crippen LogP contribution in [0.15, 0.2) is 42.7 Å². The number of amides is 1. The van der Waals surface area contributed by atoms with E-state index in [4.69, 9.17) is 0 Å². The summed E-state index contributed by atoms with van der Waals surface area (Å²) < 4.78 is 16.5. The van der Waals surface area contributed by atoms with E-state index in [1.165, 1.54) is 6.07 Å². The molecule has 6 nitrogen and oxygen atoms in total. The van der Waals surface area contributed by atoms with Crippen LogP contribution in [0.4, 0.5) is 4.39 Å². The molecule has 2 N–H and O–H groups in total. The molecule has 0 aliphatic heterocycles. The van der Waals surface area contributed by atoms with Crippen molar-refractivity contribution in [3.05, 3.63) is 70.9 Å². The van der Waals surface area contributed by atoms with Gasteiger partial charge < -0.3 is 10.4 Å². The number of hydrogen-bond donors (Lipinski definition) is 2. The molecule has 31 heavy (non-hydrogen) atoms. The monoisotopic (exact) mass is 422 g/mol. The van der Waals surface area contributed by atoms with Crippen LogP contribution in [-0.2, 0) is 13.5 Å². The molecule has 2 heterocycles. The SMILES string of the molecule is Cc1cnc(C(=O)N[C@H]2CCCC[C@@H]2O)cc1Cc1ccc(-c2ccn(C)n2)cc1F. The summed E-state index contributed by atoms with van der Waals surface area (Å²) in [5, 5.41) is 17.3. The maximum absolute atomic E-state index is 14.8. The lowest BCUT2D eigenvalue weighted by Crippen LogP contribution is -2.45. The van der Waals surface area contributed by atoms with Gasteiger partial charge in [0.25, 0.3) is 5.91 Å².